The van der Waals surface area contributed by atoms with Crippen molar-refractivity contribution in [2.75, 3.05) is 5.75 Å². The minimum absolute atomic E-state index is 0.141. The monoisotopic (exact) mass is 210 g/mol. The van der Waals surface area contributed by atoms with E-state index in [4.69, 9.17) is 0 Å². The van der Waals surface area contributed by atoms with Gasteiger partial charge < -0.3 is 0 Å². The molecule has 0 radical (unpaired) electrons. The molecule has 1 saturated carbocycles. The van der Waals surface area contributed by atoms with Gasteiger partial charge >= 0.3 is 5.69 Å². The first kappa shape index (κ1) is 9.77. The number of aromatic nitrogens is 2. The lowest BCUT2D eigenvalue weighted by Gasteiger charge is -2.13. The Morgan fingerprint density at radius 2 is 2.36 bits per heavy atom. The topological polar surface area (TPSA) is 34.9 Å². The van der Waals surface area contributed by atoms with Gasteiger partial charge in [0, 0.05) is 18.4 Å². The Balaban J connectivity index is 2.21. The lowest BCUT2D eigenvalue weighted by Crippen LogP contribution is -2.27. The van der Waals surface area contributed by atoms with Crippen LogP contribution in [0, 0.1) is 12.3 Å². The zero-order valence-electron chi connectivity index (χ0n) is 8.23. The molecule has 0 bridgehead atoms. The molecular weight excluding hydrogens is 196 g/mol. The Morgan fingerprint density at radius 1 is 1.64 bits per heavy atom. The molecule has 0 spiro atoms. The average Bonchev–Trinajstić information content (AvgIpc) is 2.91. The molecule has 1 fully saturated rings. The van der Waals surface area contributed by atoms with Crippen LogP contribution in [-0.2, 0) is 6.54 Å². The van der Waals surface area contributed by atoms with Crippen LogP contribution in [0.2, 0.25) is 0 Å². The van der Waals surface area contributed by atoms with Crippen molar-refractivity contribution in [3.05, 3.63) is 28.4 Å². The van der Waals surface area contributed by atoms with Crippen molar-refractivity contribution < 1.29 is 0 Å². The van der Waals surface area contributed by atoms with E-state index in [1.165, 1.54) is 12.8 Å². The van der Waals surface area contributed by atoms with Crippen LogP contribution in [0.3, 0.4) is 0 Å². The molecule has 1 aromatic rings. The molecule has 2 rings (SSSR count). The van der Waals surface area contributed by atoms with E-state index in [1.807, 2.05) is 19.2 Å². The van der Waals surface area contributed by atoms with Crippen molar-refractivity contribution in [1.82, 2.24) is 9.55 Å². The zero-order valence-corrected chi connectivity index (χ0v) is 9.13. The summed E-state index contributed by atoms with van der Waals surface area (Å²) in [5.74, 6) is 0.854. The van der Waals surface area contributed by atoms with Crippen LogP contribution in [0.25, 0.3) is 0 Å². The molecule has 0 aromatic carbocycles. The molecule has 0 saturated heterocycles. The van der Waals surface area contributed by atoms with Crippen molar-refractivity contribution in [3.63, 3.8) is 0 Å². The third-order valence-corrected chi connectivity index (χ3v) is 3.48. The van der Waals surface area contributed by atoms with E-state index < -0.39 is 0 Å². The second-order valence-electron chi connectivity index (χ2n) is 4.14. The lowest BCUT2D eigenvalue weighted by atomic mass is 10.1. The van der Waals surface area contributed by atoms with E-state index in [-0.39, 0.29) is 11.1 Å². The molecule has 0 N–H and O–H groups in total. The summed E-state index contributed by atoms with van der Waals surface area (Å²) in [6.45, 7) is 2.60. The number of aryl methyl sites for hydroxylation is 1. The van der Waals surface area contributed by atoms with Crippen molar-refractivity contribution in [2.45, 2.75) is 26.3 Å². The van der Waals surface area contributed by atoms with Crippen LogP contribution < -0.4 is 5.69 Å². The molecular formula is C10H14N2OS. The minimum Gasteiger partial charge on any atom is -0.299 e. The van der Waals surface area contributed by atoms with E-state index in [1.54, 1.807) is 4.57 Å². The van der Waals surface area contributed by atoms with Gasteiger partial charge in [-0.3, -0.25) is 4.57 Å². The highest BCUT2D eigenvalue weighted by Crippen LogP contribution is 2.47. The fourth-order valence-corrected chi connectivity index (χ4v) is 1.95. The number of thiol groups is 1. The largest absolute Gasteiger partial charge is 0.347 e. The molecule has 1 heterocycles. The Kier molecular flexibility index (Phi) is 2.39. The smallest absolute Gasteiger partial charge is 0.299 e. The summed E-state index contributed by atoms with van der Waals surface area (Å²) < 4.78 is 1.69. The fraction of sp³-hybridized carbons (Fsp3) is 0.600. The summed E-state index contributed by atoms with van der Waals surface area (Å²) in [5, 5.41) is 0. The highest BCUT2D eigenvalue weighted by atomic mass is 32.1. The van der Waals surface area contributed by atoms with Gasteiger partial charge in [0.15, 0.2) is 0 Å². The first-order chi connectivity index (χ1) is 6.65. The Bertz CT molecular complexity index is 395. The van der Waals surface area contributed by atoms with E-state index in [0.717, 1.165) is 18.0 Å². The van der Waals surface area contributed by atoms with Crippen molar-refractivity contribution >= 4 is 12.6 Å². The molecule has 76 valence electrons. The lowest BCUT2D eigenvalue weighted by molar-refractivity contribution is 0.457. The van der Waals surface area contributed by atoms with Gasteiger partial charge in [0.2, 0.25) is 0 Å². The van der Waals surface area contributed by atoms with Gasteiger partial charge in [0.25, 0.3) is 0 Å². The zero-order chi connectivity index (χ0) is 10.2. The van der Waals surface area contributed by atoms with Crippen LogP contribution in [0.4, 0.5) is 0 Å². The molecule has 0 atom stereocenters. The average molecular weight is 210 g/mol. The summed E-state index contributed by atoms with van der Waals surface area (Å²) in [6.07, 6.45) is 4.18. The highest BCUT2D eigenvalue weighted by Gasteiger charge is 2.41. The van der Waals surface area contributed by atoms with E-state index >= 15 is 0 Å². The Hall–Kier alpha value is -0.770. The van der Waals surface area contributed by atoms with Gasteiger partial charge in [0.05, 0.1) is 0 Å². The highest BCUT2D eigenvalue weighted by molar-refractivity contribution is 7.80. The minimum atomic E-state index is -0.141. The maximum Gasteiger partial charge on any atom is 0.347 e. The molecule has 0 amide bonds. The Morgan fingerprint density at radius 3 is 2.86 bits per heavy atom. The summed E-state index contributed by atoms with van der Waals surface area (Å²) in [7, 11) is 0. The van der Waals surface area contributed by atoms with Crippen LogP contribution in [-0.4, -0.2) is 15.3 Å². The molecule has 1 aliphatic carbocycles. The maximum atomic E-state index is 11.5. The molecule has 0 unspecified atom stereocenters. The predicted molar refractivity (Wildman–Crippen MR) is 58.8 cm³/mol. The molecule has 4 heteroatoms. The number of nitrogens with zero attached hydrogens (tertiary/aromatic N) is 2. The number of rotatable bonds is 3. The summed E-state index contributed by atoms with van der Waals surface area (Å²) in [5.41, 5.74) is 0.907. The fourth-order valence-electron chi connectivity index (χ4n) is 1.54. The van der Waals surface area contributed by atoms with Crippen molar-refractivity contribution in [1.29, 1.82) is 0 Å². The van der Waals surface area contributed by atoms with Crippen molar-refractivity contribution in [2.24, 2.45) is 5.41 Å². The molecule has 0 aliphatic heterocycles. The van der Waals surface area contributed by atoms with Crippen molar-refractivity contribution in [3.8, 4) is 0 Å². The maximum absolute atomic E-state index is 11.5. The van der Waals surface area contributed by atoms with Crippen LogP contribution >= 0.6 is 12.6 Å². The molecule has 14 heavy (non-hydrogen) atoms. The van der Waals surface area contributed by atoms with Gasteiger partial charge in [-0.1, -0.05) is 0 Å². The summed E-state index contributed by atoms with van der Waals surface area (Å²) >= 11 is 4.31. The summed E-state index contributed by atoms with van der Waals surface area (Å²) in [6, 6.07) is 1.87. The van der Waals surface area contributed by atoms with Gasteiger partial charge in [-0.2, -0.15) is 17.6 Å². The second kappa shape index (κ2) is 3.42. The Labute approximate surface area is 88.6 Å². The quantitative estimate of drug-likeness (QED) is 0.762. The number of hydrogen-bond acceptors (Lipinski definition) is 3. The molecule has 3 nitrogen and oxygen atoms in total. The number of hydrogen-bond donors (Lipinski definition) is 1. The second-order valence-corrected chi connectivity index (χ2v) is 4.45. The van der Waals surface area contributed by atoms with Gasteiger partial charge in [-0.25, -0.2) is 4.79 Å². The van der Waals surface area contributed by atoms with E-state index in [9.17, 15) is 4.79 Å². The third-order valence-electron chi connectivity index (χ3n) is 2.81. The van der Waals surface area contributed by atoms with E-state index in [0.29, 0.717) is 0 Å². The predicted octanol–water partition coefficient (Wildman–Crippen LogP) is 1.26. The molecule has 1 aliphatic rings. The third kappa shape index (κ3) is 1.85. The summed E-state index contributed by atoms with van der Waals surface area (Å²) in [4.78, 5) is 15.4. The van der Waals surface area contributed by atoms with Crippen LogP contribution in [0.1, 0.15) is 18.5 Å². The van der Waals surface area contributed by atoms with Crippen LogP contribution in [0.15, 0.2) is 17.1 Å². The standard InChI is InChI=1S/C10H14N2OS/c1-8-2-5-12(9(13)11-8)6-10(7-14)3-4-10/h2,5,14H,3-4,6-7H2,1H3. The van der Waals surface area contributed by atoms with Crippen LogP contribution in [0.5, 0.6) is 0 Å². The van der Waals surface area contributed by atoms with Gasteiger partial charge in [-0.05, 0) is 37.0 Å². The first-order valence-corrected chi connectivity index (χ1v) is 5.43. The van der Waals surface area contributed by atoms with Gasteiger partial charge in [0.1, 0.15) is 0 Å². The first-order valence-electron chi connectivity index (χ1n) is 4.80. The SMILES string of the molecule is Cc1ccn(CC2(CS)CC2)c(=O)n1. The van der Waals surface area contributed by atoms with E-state index in [2.05, 4.69) is 17.6 Å². The molecule has 1 aromatic heterocycles. The normalized spacial score (nSPS) is 18.1. The van der Waals surface area contributed by atoms with Gasteiger partial charge in [-0.15, -0.1) is 0 Å².